The lowest BCUT2D eigenvalue weighted by Gasteiger charge is -2.25. The average Bonchev–Trinajstić information content (AvgIpc) is 2.86. The van der Waals surface area contributed by atoms with Gasteiger partial charge in [-0.15, -0.1) is 0 Å². The number of nitriles is 1. The monoisotopic (exact) mass is 230 g/mol. The number of carbonyl (C=O) groups is 1. The van der Waals surface area contributed by atoms with Crippen LogP contribution >= 0.6 is 0 Å². The van der Waals surface area contributed by atoms with E-state index in [2.05, 4.69) is 16.4 Å². The zero-order valence-electron chi connectivity index (χ0n) is 9.68. The Bertz CT molecular complexity index is 466. The second-order valence-corrected chi connectivity index (χ2v) is 3.95. The van der Waals surface area contributed by atoms with E-state index in [-0.39, 0.29) is 11.9 Å². The largest absolute Gasteiger partial charge is 0.357 e. The first-order chi connectivity index (χ1) is 8.27. The van der Waals surface area contributed by atoms with Crippen LogP contribution in [-0.4, -0.2) is 30.5 Å². The van der Waals surface area contributed by atoms with Gasteiger partial charge in [-0.05, 0) is 25.0 Å². The van der Waals surface area contributed by atoms with Gasteiger partial charge < -0.3 is 10.2 Å². The molecule has 0 saturated carbocycles. The lowest BCUT2D eigenvalue weighted by atomic mass is 10.2. The molecule has 1 aliphatic rings. The van der Waals surface area contributed by atoms with E-state index >= 15 is 0 Å². The molecule has 0 bridgehead atoms. The summed E-state index contributed by atoms with van der Waals surface area (Å²) >= 11 is 0. The number of likely N-dealkylation sites (N-methyl/N-ethyl adjacent to an activating group) is 1. The molecule has 1 saturated heterocycles. The smallest absolute Gasteiger partial charge is 0.242 e. The van der Waals surface area contributed by atoms with E-state index in [1.807, 2.05) is 11.0 Å². The van der Waals surface area contributed by atoms with Crippen LogP contribution in [0.5, 0.6) is 0 Å². The number of hydrogen-bond donors (Lipinski definition) is 1. The summed E-state index contributed by atoms with van der Waals surface area (Å²) in [6, 6.07) is 5.51. The van der Waals surface area contributed by atoms with E-state index in [4.69, 9.17) is 5.26 Å². The van der Waals surface area contributed by atoms with Crippen molar-refractivity contribution >= 4 is 11.6 Å². The number of pyridine rings is 1. The molecule has 0 aromatic carbocycles. The molecular formula is C12H14N4O. The third-order valence-electron chi connectivity index (χ3n) is 3.00. The molecule has 1 amide bonds. The van der Waals surface area contributed by atoms with E-state index in [0.29, 0.717) is 5.69 Å². The van der Waals surface area contributed by atoms with E-state index in [1.165, 1.54) is 0 Å². The molecule has 88 valence electrons. The van der Waals surface area contributed by atoms with E-state index in [1.54, 1.807) is 19.3 Å². The highest BCUT2D eigenvalue weighted by Gasteiger charge is 2.31. The fraction of sp³-hybridized carbons (Fsp3) is 0.417. The molecule has 1 N–H and O–H groups in total. The number of nitrogens with zero attached hydrogens (tertiary/aromatic N) is 3. The molecule has 1 aromatic heterocycles. The quantitative estimate of drug-likeness (QED) is 0.810. The van der Waals surface area contributed by atoms with Gasteiger partial charge in [0.05, 0.1) is 5.69 Å². The van der Waals surface area contributed by atoms with Crippen molar-refractivity contribution in [1.29, 1.82) is 5.26 Å². The molecule has 2 rings (SSSR count). The van der Waals surface area contributed by atoms with Crippen molar-refractivity contribution in [3.8, 4) is 6.07 Å². The number of hydrogen-bond acceptors (Lipinski definition) is 4. The first kappa shape index (κ1) is 11.4. The van der Waals surface area contributed by atoms with Crippen LogP contribution in [-0.2, 0) is 4.79 Å². The maximum absolute atomic E-state index is 11.7. The molecule has 0 radical (unpaired) electrons. The topological polar surface area (TPSA) is 69.0 Å². The lowest BCUT2D eigenvalue weighted by molar-refractivity contribution is -0.121. The number of aromatic nitrogens is 1. The minimum atomic E-state index is -0.184. The normalized spacial score (nSPS) is 18.8. The molecule has 0 aliphatic carbocycles. The second-order valence-electron chi connectivity index (χ2n) is 3.95. The summed E-state index contributed by atoms with van der Waals surface area (Å²) in [7, 11) is 1.63. The molecule has 5 nitrogen and oxygen atoms in total. The summed E-state index contributed by atoms with van der Waals surface area (Å²) in [4.78, 5) is 17.7. The number of amides is 1. The van der Waals surface area contributed by atoms with Crippen molar-refractivity contribution in [2.24, 2.45) is 0 Å². The Labute approximate surface area is 100 Å². The predicted molar refractivity (Wildman–Crippen MR) is 63.4 cm³/mol. The molecule has 17 heavy (non-hydrogen) atoms. The van der Waals surface area contributed by atoms with E-state index in [9.17, 15) is 4.79 Å². The Balaban J connectivity index is 2.33. The predicted octanol–water partition coefficient (Wildman–Crippen LogP) is 0.668. The summed E-state index contributed by atoms with van der Waals surface area (Å²) in [5.74, 6) is -0.00440. The number of anilines is 1. The number of carbonyl (C=O) groups excluding carboxylic acids is 1. The summed E-state index contributed by atoms with van der Waals surface area (Å²) in [5.41, 5.74) is 1.13. The zero-order valence-corrected chi connectivity index (χ0v) is 9.68. The van der Waals surface area contributed by atoms with Crippen LogP contribution in [0.3, 0.4) is 0 Å². The standard InChI is InChI=1S/C12H14N4O/c1-14-12(17)11-5-3-7-16(11)10-4-2-6-15-9(10)8-13/h2,4,6,11H,3,5,7H2,1H3,(H,14,17). The summed E-state index contributed by atoms with van der Waals surface area (Å²) in [5, 5.41) is 11.7. The lowest BCUT2D eigenvalue weighted by Crippen LogP contribution is -2.42. The molecule has 2 heterocycles. The van der Waals surface area contributed by atoms with Crippen LogP contribution in [0.4, 0.5) is 5.69 Å². The average molecular weight is 230 g/mol. The van der Waals surface area contributed by atoms with Crippen molar-refractivity contribution < 1.29 is 4.79 Å². The van der Waals surface area contributed by atoms with Gasteiger partial charge in [0.15, 0.2) is 5.69 Å². The molecule has 0 spiro atoms. The van der Waals surface area contributed by atoms with Gasteiger partial charge in [0.1, 0.15) is 12.1 Å². The number of rotatable bonds is 2. The maximum Gasteiger partial charge on any atom is 0.242 e. The van der Waals surface area contributed by atoms with Crippen LogP contribution in [0.25, 0.3) is 0 Å². The van der Waals surface area contributed by atoms with Gasteiger partial charge in [-0.25, -0.2) is 4.98 Å². The van der Waals surface area contributed by atoms with Crippen LogP contribution in [0.2, 0.25) is 0 Å². The molecule has 5 heteroatoms. The van der Waals surface area contributed by atoms with Crippen molar-refractivity contribution in [2.75, 3.05) is 18.5 Å². The van der Waals surface area contributed by atoms with Gasteiger partial charge >= 0.3 is 0 Å². The van der Waals surface area contributed by atoms with Crippen molar-refractivity contribution in [2.45, 2.75) is 18.9 Å². The third-order valence-corrected chi connectivity index (χ3v) is 3.00. The molecular weight excluding hydrogens is 216 g/mol. The highest BCUT2D eigenvalue weighted by Crippen LogP contribution is 2.27. The van der Waals surface area contributed by atoms with E-state index < -0.39 is 0 Å². The van der Waals surface area contributed by atoms with Gasteiger partial charge in [-0.3, -0.25) is 4.79 Å². The summed E-state index contributed by atoms with van der Waals surface area (Å²) in [6.07, 6.45) is 3.37. The van der Waals surface area contributed by atoms with E-state index in [0.717, 1.165) is 25.1 Å². The van der Waals surface area contributed by atoms with Crippen LogP contribution in [0.1, 0.15) is 18.5 Å². The van der Waals surface area contributed by atoms with Crippen LogP contribution in [0, 0.1) is 11.3 Å². The van der Waals surface area contributed by atoms with Gasteiger partial charge in [0.25, 0.3) is 0 Å². The Morgan fingerprint density at radius 1 is 1.71 bits per heavy atom. The SMILES string of the molecule is CNC(=O)C1CCCN1c1cccnc1C#N. The van der Waals surface area contributed by atoms with Crippen molar-refractivity contribution in [3.05, 3.63) is 24.0 Å². The summed E-state index contributed by atoms with van der Waals surface area (Å²) < 4.78 is 0. The fourth-order valence-corrected chi connectivity index (χ4v) is 2.21. The minimum absolute atomic E-state index is 0.00440. The Morgan fingerprint density at radius 2 is 2.53 bits per heavy atom. The molecule has 1 atom stereocenters. The van der Waals surface area contributed by atoms with Gasteiger partial charge in [0.2, 0.25) is 5.91 Å². The van der Waals surface area contributed by atoms with Crippen molar-refractivity contribution in [1.82, 2.24) is 10.3 Å². The van der Waals surface area contributed by atoms with Crippen molar-refractivity contribution in [3.63, 3.8) is 0 Å². The minimum Gasteiger partial charge on any atom is -0.357 e. The highest BCUT2D eigenvalue weighted by molar-refractivity contribution is 5.86. The Kier molecular flexibility index (Phi) is 3.24. The Morgan fingerprint density at radius 3 is 3.24 bits per heavy atom. The second kappa shape index (κ2) is 4.83. The maximum atomic E-state index is 11.7. The first-order valence-corrected chi connectivity index (χ1v) is 5.61. The number of nitrogens with one attached hydrogen (secondary N) is 1. The van der Waals surface area contributed by atoms with Gasteiger partial charge in [-0.2, -0.15) is 5.26 Å². The van der Waals surface area contributed by atoms with Crippen LogP contribution in [0.15, 0.2) is 18.3 Å². The van der Waals surface area contributed by atoms with Gasteiger partial charge in [-0.1, -0.05) is 0 Å². The molecule has 1 fully saturated rings. The zero-order chi connectivity index (χ0) is 12.3. The first-order valence-electron chi connectivity index (χ1n) is 5.61. The van der Waals surface area contributed by atoms with Crippen LogP contribution < -0.4 is 10.2 Å². The van der Waals surface area contributed by atoms with Gasteiger partial charge in [0, 0.05) is 19.8 Å². The fourth-order valence-electron chi connectivity index (χ4n) is 2.21. The summed E-state index contributed by atoms with van der Waals surface area (Å²) in [6.45, 7) is 0.790. The molecule has 1 aromatic rings. The Hall–Kier alpha value is -2.09. The third kappa shape index (κ3) is 2.07. The molecule has 1 aliphatic heterocycles. The molecule has 1 unspecified atom stereocenters. The highest BCUT2D eigenvalue weighted by atomic mass is 16.2.